The molecule has 1 aromatic carbocycles. The van der Waals surface area contributed by atoms with Crippen molar-refractivity contribution in [1.29, 1.82) is 0 Å². The van der Waals surface area contributed by atoms with Gasteiger partial charge in [0.25, 0.3) is 0 Å². The maximum absolute atomic E-state index is 3.62. The molecule has 1 heterocycles. The Morgan fingerprint density at radius 1 is 1.57 bits per heavy atom. The summed E-state index contributed by atoms with van der Waals surface area (Å²) in [4.78, 5) is 0. The molecule has 1 aliphatic heterocycles. The van der Waals surface area contributed by atoms with Crippen LogP contribution in [-0.4, -0.2) is 12.3 Å². The first kappa shape index (κ1) is 10.5. The minimum absolute atomic E-state index is 0.534. The summed E-state index contributed by atoms with van der Waals surface area (Å²) in [6.07, 6.45) is 0. The molecule has 14 heavy (non-hydrogen) atoms. The Bertz CT molecular complexity index is 327. The van der Waals surface area contributed by atoms with Gasteiger partial charge in [-0.1, -0.05) is 35.0 Å². The molecule has 1 aliphatic rings. The summed E-state index contributed by atoms with van der Waals surface area (Å²) in [5, 5.41) is 3.53. The van der Waals surface area contributed by atoms with Crippen LogP contribution in [0.25, 0.3) is 0 Å². The summed E-state index contributed by atoms with van der Waals surface area (Å²) >= 11 is 5.63. The Hall–Kier alpha value is 0.0100. The summed E-state index contributed by atoms with van der Waals surface area (Å²) in [6, 6.07) is 7.04. The van der Waals surface area contributed by atoms with Crippen molar-refractivity contribution >= 4 is 27.7 Å². The maximum atomic E-state index is 3.62. The lowest BCUT2D eigenvalue weighted by Gasteiger charge is -2.26. The molecule has 1 atom stereocenters. The Morgan fingerprint density at radius 2 is 2.43 bits per heavy atom. The predicted octanol–water partition coefficient (Wildman–Crippen LogP) is 3.35. The van der Waals surface area contributed by atoms with E-state index in [1.54, 1.807) is 0 Å². The molecule has 1 unspecified atom stereocenters. The van der Waals surface area contributed by atoms with Crippen LogP contribution in [-0.2, 0) is 5.75 Å². The van der Waals surface area contributed by atoms with Gasteiger partial charge < -0.3 is 5.32 Å². The first-order valence-electron chi connectivity index (χ1n) is 4.91. The van der Waals surface area contributed by atoms with Crippen LogP contribution in [0.15, 0.2) is 22.7 Å². The number of fused-ring (bicyclic) bond motifs is 1. The van der Waals surface area contributed by atoms with Gasteiger partial charge in [0.1, 0.15) is 0 Å². The summed E-state index contributed by atoms with van der Waals surface area (Å²) in [5.41, 5.74) is 2.94. The van der Waals surface area contributed by atoms with Crippen LogP contribution in [0.5, 0.6) is 0 Å². The van der Waals surface area contributed by atoms with E-state index < -0.39 is 0 Å². The van der Waals surface area contributed by atoms with Crippen LogP contribution in [0.1, 0.15) is 24.1 Å². The monoisotopic (exact) mass is 271 g/mol. The van der Waals surface area contributed by atoms with E-state index in [0.717, 1.165) is 12.3 Å². The summed E-state index contributed by atoms with van der Waals surface area (Å²) in [6.45, 7) is 3.20. The lowest BCUT2D eigenvalue weighted by molar-refractivity contribution is 0.598. The van der Waals surface area contributed by atoms with Crippen molar-refractivity contribution in [3.8, 4) is 0 Å². The molecular weight excluding hydrogens is 258 g/mol. The highest BCUT2D eigenvalue weighted by atomic mass is 79.9. The highest BCUT2D eigenvalue weighted by Crippen LogP contribution is 2.35. The second-order valence-corrected chi connectivity index (χ2v) is 5.32. The minimum Gasteiger partial charge on any atom is -0.309 e. The normalized spacial score (nSPS) is 20.6. The molecule has 0 aromatic heterocycles. The fourth-order valence-electron chi connectivity index (χ4n) is 1.84. The number of thioether (sulfide) groups is 1. The molecule has 1 aromatic rings. The Labute approximate surface area is 97.8 Å². The summed E-state index contributed by atoms with van der Waals surface area (Å²) in [5.74, 6) is 2.33. The van der Waals surface area contributed by atoms with Crippen molar-refractivity contribution in [2.45, 2.75) is 18.7 Å². The van der Waals surface area contributed by atoms with E-state index in [1.807, 2.05) is 11.8 Å². The number of benzene rings is 1. The van der Waals surface area contributed by atoms with Crippen molar-refractivity contribution in [3.63, 3.8) is 0 Å². The van der Waals surface area contributed by atoms with Gasteiger partial charge in [-0.15, -0.1) is 0 Å². The number of hydrogen-bond donors (Lipinski definition) is 1. The lowest BCUT2D eigenvalue weighted by Crippen LogP contribution is -2.26. The molecule has 3 heteroatoms. The molecule has 0 aliphatic carbocycles. The van der Waals surface area contributed by atoms with Gasteiger partial charge in [0, 0.05) is 22.0 Å². The topological polar surface area (TPSA) is 12.0 Å². The van der Waals surface area contributed by atoms with Gasteiger partial charge in [0.2, 0.25) is 0 Å². The zero-order chi connectivity index (χ0) is 9.97. The third-order valence-electron chi connectivity index (χ3n) is 2.51. The van der Waals surface area contributed by atoms with Crippen molar-refractivity contribution in [1.82, 2.24) is 5.32 Å². The largest absolute Gasteiger partial charge is 0.309 e. The molecule has 0 saturated carbocycles. The average molecular weight is 272 g/mol. The Balaban J connectivity index is 2.34. The quantitative estimate of drug-likeness (QED) is 0.886. The van der Waals surface area contributed by atoms with E-state index in [-0.39, 0.29) is 0 Å². The van der Waals surface area contributed by atoms with Gasteiger partial charge in [0.15, 0.2) is 0 Å². The van der Waals surface area contributed by atoms with Crippen molar-refractivity contribution < 1.29 is 0 Å². The van der Waals surface area contributed by atoms with E-state index in [0.29, 0.717) is 6.04 Å². The third kappa shape index (κ3) is 2.00. The third-order valence-corrected chi connectivity index (χ3v) is 4.32. The lowest BCUT2D eigenvalue weighted by atomic mass is 10.0. The maximum Gasteiger partial charge on any atom is 0.0415 e. The molecule has 76 valence electrons. The van der Waals surface area contributed by atoms with Crippen molar-refractivity contribution in [2.24, 2.45) is 0 Å². The first-order chi connectivity index (χ1) is 6.83. The second kappa shape index (κ2) is 4.69. The number of rotatable bonds is 2. The molecule has 1 N–H and O–H groups in total. The van der Waals surface area contributed by atoms with Crippen molar-refractivity contribution in [2.75, 3.05) is 12.3 Å². The number of nitrogens with one attached hydrogen (secondary N) is 1. The van der Waals surface area contributed by atoms with E-state index in [1.165, 1.54) is 21.4 Å². The zero-order valence-electron chi connectivity index (χ0n) is 8.22. The average Bonchev–Trinajstić information content (AvgIpc) is 2.20. The minimum atomic E-state index is 0.534. The molecule has 2 rings (SSSR count). The molecule has 0 radical (unpaired) electrons. The van der Waals surface area contributed by atoms with Crippen LogP contribution < -0.4 is 5.32 Å². The van der Waals surface area contributed by atoms with Gasteiger partial charge in [-0.3, -0.25) is 0 Å². The standard InChI is InChI=1S/C11H14BrNS/c1-2-13-11-7-14-6-9-8(11)4-3-5-10(9)12/h3-5,11,13H,2,6-7H2,1H3. The predicted molar refractivity (Wildman–Crippen MR) is 66.7 cm³/mol. The van der Waals surface area contributed by atoms with Gasteiger partial charge in [0.05, 0.1) is 0 Å². The smallest absolute Gasteiger partial charge is 0.0415 e. The highest BCUT2D eigenvalue weighted by Gasteiger charge is 2.20. The van der Waals surface area contributed by atoms with E-state index in [4.69, 9.17) is 0 Å². The van der Waals surface area contributed by atoms with Crippen LogP contribution in [0.3, 0.4) is 0 Å². The van der Waals surface area contributed by atoms with Gasteiger partial charge in [-0.25, -0.2) is 0 Å². The molecular formula is C11H14BrNS. The van der Waals surface area contributed by atoms with Gasteiger partial charge in [-0.2, -0.15) is 11.8 Å². The second-order valence-electron chi connectivity index (χ2n) is 3.43. The molecule has 0 saturated heterocycles. The summed E-state index contributed by atoms with van der Waals surface area (Å²) in [7, 11) is 0. The van der Waals surface area contributed by atoms with Gasteiger partial charge >= 0.3 is 0 Å². The van der Waals surface area contributed by atoms with E-state index in [9.17, 15) is 0 Å². The Morgan fingerprint density at radius 3 is 3.21 bits per heavy atom. The molecule has 0 fully saturated rings. The van der Waals surface area contributed by atoms with Gasteiger partial charge in [-0.05, 0) is 23.7 Å². The molecule has 0 bridgehead atoms. The summed E-state index contributed by atoms with van der Waals surface area (Å²) < 4.78 is 1.25. The zero-order valence-corrected chi connectivity index (χ0v) is 10.6. The van der Waals surface area contributed by atoms with E-state index >= 15 is 0 Å². The van der Waals surface area contributed by atoms with Crippen LogP contribution in [0, 0.1) is 0 Å². The molecule has 1 nitrogen and oxygen atoms in total. The molecule has 0 spiro atoms. The fourth-order valence-corrected chi connectivity index (χ4v) is 3.72. The van der Waals surface area contributed by atoms with Crippen LogP contribution in [0.2, 0.25) is 0 Å². The first-order valence-corrected chi connectivity index (χ1v) is 6.86. The molecule has 0 amide bonds. The Kier molecular flexibility index (Phi) is 3.52. The van der Waals surface area contributed by atoms with E-state index in [2.05, 4.69) is 46.4 Å². The van der Waals surface area contributed by atoms with Crippen LogP contribution in [0.4, 0.5) is 0 Å². The van der Waals surface area contributed by atoms with Crippen LogP contribution >= 0.6 is 27.7 Å². The highest BCUT2D eigenvalue weighted by molar-refractivity contribution is 9.10. The van der Waals surface area contributed by atoms with Crippen molar-refractivity contribution in [3.05, 3.63) is 33.8 Å². The number of halogens is 1. The fraction of sp³-hybridized carbons (Fsp3) is 0.455. The number of hydrogen-bond acceptors (Lipinski definition) is 2. The SMILES string of the molecule is CCNC1CSCc2c(Br)cccc21.